The smallest absolute Gasteiger partial charge is 0.320 e. The third kappa shape index (κ3) is 12.8. The van der Waals surface area contributed by atoms with Gasteiger partial charge in [0.25, 0.3) is 0 Å². The Hall–Kier alpha value is -5.60. The molecule has 1 fully saturated rings. The minimum Gasteiger partial charge on any atom is -0.480 e. The Labute approximate surface area is 287 Å². The van der Waals surface area contributed by atoms with Gasteiger partial charge in [-0.15, -0.1) is 0 Å². The van der Waals surface area contributed by atoms with Crippen LogP contribution in [0.3, 0.4) is 0 Å². The molecule has 2 aromatic heterocycles. The van der Waals surface area contributed by atoms with E-state index in [4.69, 9.17) is 13.9 Å². The summed E-state index contributed by atoms with van der Waals surface area (Å²) in [5, 5.41) is 11.2. The first kappa shape index (κ1) is 37.9. The number of aldehydes is 3. The van der Waals surface area contributed by atoms with Gasteiger partial charge in [-0.2, -0.15) is 0 Å². The molecule has 8 nitrogen and oxygen atoms in total. The fourth-order valence-corrected chi connectivity index (χ4v) is 5.07. The van der Waals surface area contributed by atoms with E-state index in [1.807, 2.05) is 106 Å². The van der Waals surface area contributed by atoms with E-state index in [1.165, 1.54) is 17.7 Å². The van der Waals surface area contributed by atoms with E-state index in [0.29, 0.717) is 0 Å². The van der Waals surface area contributed by atoms with E-state index in [-0.39, 0.29) is 12.0 Å². The van der Waals surface area contributed by atoms with E-state index >= 15 is 0 Å². The molecule has 8 heteroatoms. The molecular formula is C41H43NO7. The molecular weight excluding hydrogens is 618 g/mol. The van der Waals surface area contributed by atoms with Gasteiger partial charge < -0.3 is 19.3 Å². The topological polar surface area (TPSA) is 127 Å². The summed E-state index contributed by atoms with van der Waals surface area (Å²) in [7, 11) is 0. The van der Waals surface area contributed by atoms with Crippen molar-refractivity contribution in [2.45, 2.75) is 52.0 Å². The number of carboxylic acid groups (broad SMARTS) is 1. The Morgan fingerprint density at radius 1 is 0.837 bits per heavy atom. The van der Waals surface area contributed by atoms with Crippen molar-refractivity contribution in [1.29, 1.82) is 0 Å². The third-order valence-electron chi connectivity index (χ3n) is 7.67. The van der Waals surface area contributed by atoms with Crippen molar-refractivity contribution in [3.63, 3.8) is 0 Å². The number of furan rings is 2. The largest absolute Gasteiger partial charge is 0.480 e. The molecule has 2 aliphatic rings. The number of carbonyl (C=O) groups excluding carboxylic acids is 3. The second-order valence-electron chi connectivity index (χ2n) is 11.3. The van der Waals surface area contributed by atoms with Gasteiger partial charge >= 0.3 is 5.97 Å². The lowest BCUT2D eigenvalue weighted by atomic mass is 9.82. The summed E-state index contributed by atoms with van der Waals surface area (Å²) in [4.78, 5) is 41.4. The standard InChI is InChI=1S/C18H16O2.C9H10O2.C9H8O.C5H9NO2/c1-13-7-10-18(20-13)15-8-9-16(12-19)17(11-15)14-5-3-2-4-6-14;1-7(5-6-10)9-4-3-8(2)11-9;10-8-4-7-9-5-2-1-3-6-9;7-5(8)4-2-1-3-6-4/h2-10,12,17H,11H2,1H3;3-6H,1-2H3;1-8H;4,6H,1-3H2,(H,7,8)/b;7-5+;7-4+;. The minimum atomic E-state index is -0.720. The molecule has 1 saturated heterocycles. The lowest BCUT2D eigenvalue weighted by molar-refractivity contribution is -0.139. The van der Waals surface area contributed by atoms with E-state index in [1.54, 1.807) is 6.08 Å². The summed E-state index contributed by atoms with van der Waals surface area (Å²) in [6.45, 7) is 6.51. The molecule has 254 valence electrons. The Kier molecular flexibility index (Phi) is 15.9. The maximum absolute atomic E-state index is 11.3. The molecule has 49 heavy (non-hydrogen) atoms. The Morgan fingerprint density at radius 2 is 1.51 bits per heavy atom. The van der Waals surface area contributed by atoms with Crippen LogP contribution in [-0.4, -0.2) is 42.5 Å². The number of nitrogens with one attached hydrogen (secondary N) is 1. The highest BCUT2D eigenvalue weighted by Gasteiger charge is 2.23. The van der Waals surface area contributed by atoms with Crippen LogP contribution < -0.4 is 5.32 Å². The van der Waals surface area contributed by atoms with Gasteiger partial charge in [-0.3, -0.25) is 19.2 Å². The molecule has 1 aliphatic carbocycles. The van der Waals surface area contributed by atoms with Crippen LogP contribution in [0, 0.1) is 13.8 Å². The van der Waals surface area contributed by atoms with Gasteiger partial charge in [0.05, 0.1) is 0 Å². The van der Waals surface area contributed by atoms with Crippen molar-refractivity contribution in [2.75, 3.05) is 6.54 Å². The molecule has 0 spiro atoms. The quantitative estimate of drug-likeness (QED) is 0.143. The number of rotatable bonds is 8. The molecule has 0 saturated carbocycles. The van der Waals surface area contributed by atoms with Gasteiger partial charge in [0, 0.05) is 5.92 Å². The van der Waals surface area contributed by atoms with Gasteiger partial charge in [0.15, 0.2) is 0 Å². The number of hydrogen-bond acceptors (Lipinski definition) is 7. The molecule has 0 bridgehead atoms. The zero-order valence-electron chi connectivity index (χ0n) is 28.1. The average molecular weight is 662 g/mol. The third-order valence-corrected chi connectivity index (χ3v) is 7.67. The van der Waals surface area contributed by atoms with Crippen molar-refractivity contribution < 1.29 is 33.1 Å². The monoisotopic (exact) mass is 661 g/mol. The summed E-state index contributed by atoms with van der Waals surface area (Å²) in [6, 6.07) is 27.2. The molecule has 0 amide bonds. The van der Waals surface area contributed by atoms with Crippen molar-refractivity contribution in [3.8, 4) is 0 Å². The predicted molar refractivity (Wildman–Crippen MR) is 193 cm³/mol. The van der Waals surface area contributed by atoms with E-state index < -0.39 is 5.97 Å². The minimum absolute atomic E-state index is 0.110. The van der Waals surface area contributed by atoms with Crippen molar-refractivity contribution in [1.82, 2.24) is 5.32 Å². The highest BCUT2D eigenvalue weighted by molar-refractivity contribution is 5.81. The molecule has 1 aliphatic heterocycles. The number of carboxylic acids is 1. The molecule has 6 rings (SSSR count). The van der Waals surface area contributed by atoms with Crippen LogP contribution in [0.4, 0.5) is 0 Å². The highest BCUT2D eigenvalue weighted by Crippen LogP contribution is 2.37. The summed E-state index contributed by atoms with van der Waals surface area (Å²) >= 11 is 0. The van der Waals surface area contributed by atoms with Crippen LogP contribution in [0.15, 0.2) is 124 Å². The number of aliphatic carboxylic acids is 1. The predicted octanol–water partition coefficient (Wildman–Crippen LogP) is 8.20. The van der Waals surface area contributed by atoms with Crippen LogP contribution in [-0.2, 0) is 19.2 Å². The fraction of sp³-hybridized carbons (Fsp3) is 0.220. The zero-order chi connectivity index (χ0) is 35.4. The first-order valence-corrected chi connectivity index (χ1v) is 16.0. The Bertz CT molecular complexity index is 1750. The summed E-state index contributed by atoms with van der Waals surface area (Å²) in [6.07, 6.45) is 13.7. The highest BCUT2D eigenvalue weighted by atomic mass is 16.4. The lowest BCUT2D eigenvalue weighted by Gasteiger charge is -2.21. The SMILES string of the molecule is C/C(=C\C=O)c1ccc(C)o1.Cc1ccc(C2=CC=C(C=O)C(c3ccccc3)C2)o1.O=C(O)C1CCCN1.O=C/C=C/c1ccccc1. The van der Waals surface area contributed by atoms with Gasteiger partial charge in [-0.05, 0) is 111 Å². The van der Waals surface area contributed by atoms with Gasteiger partial charge in [0.1, 0.15) is 47.9 Å². The van der Waals surface area contributed by atoms with Gasteiger partial charge in [-0.25, -0.2) is 0 Å². The number of carbonyl (C=O) groups is 4. The molecule has 2 unspecified atom stereocenters. The van der Waals surface area contributed by atoms with Gasteiger partial charge in [0.2, 0.25) is 0 Å². The first-order valence-electron chi connectivity index (χ1n) is 16.0. The number of allylic oxidation sites excluding steroid dienone is 7. The second-order valence-corrected chi connectivity index (χ2v) is 11.3. The molecule has 2 N–H and O–H groups in total. The van der Waals surface area contributed by atoms with Crippen molar-refractivity contribution >= 4 is 42.1 Å². The number of benzene rings is 2. The van der Waals surface area contributed by atoms with Gasteiger partial charge in [-0.1, -0.05) is 78.9 Å². The molecule has 3 heterocycles. The molecule has 2 aromatic carbocycles. The Balaban J connectivity index is 0.000000191. The number of hydrogen-bond donors (Lipinski definition) is 2. The van der Waals surface area contributed by atoms with Crippen LogP contribution in [0.5, 0.6) is 0 Å². The maximum Gasteiger partial charge on any atom is 0.320 e. The van der Waals surface area contributed by atoms with Crippen LogP contribution in [0.2, 0.25) is 0 Å². The Morgan fingerprint density at radius 3 is 2.02 bits per heavy atom. The molecule has 0 radical (unpaired) electrons. The van der Waals surface area contributed by atoms with Crippen molar-refractivity contribution in [3.05, 3.63) is 149 Å². The van der Waals surface area contributed by atoms with Crippen LogP contribution >= 0.6 is 0 Å². The number of aryl methyl sites for hydroxylation is 2. The summed E-state index contributed by atoms with van der Waals surface area (Å²) < 4.78 is 11.0. The van der Waals surface area contributed by atoms with E-state index in [0.717, 1.165) is 90.0 Å². The lowest BCUT2D eigenvalue weighted by Crippen LogP contribution is -2.29. The van der Waals surface area contributed by atoms with Crippen LogP contribution in [0.1, 0.15) is 66.3 Å². The average Bonchev–Trinajstić information content (AvgIpc) is 3.92. The first-order chi connectivity index (χ1) is 23.7. The fourth-order valence-electron chi connectivity index (χ4n) is 5.07. The molecule has 4 aromatic rings. The molecule has 2 atom stereocenters. The summed E-state index contributed by atoms with van der Waals surface area (Å²) in [5.41, 5.74) is 5.03. The summed E-state index contributed by atoms with van der Waals surface area (Å²) in [5.74, 6) is 2.81. The second kappa shape index (κ2) is 20.6. The van der Waals surface area contributed by atoms with E-state index in [9.17, 15) is 19.2 Å². The zero-order valence-corrected chi connectivity index (χ0v) is 28.1. The van der Waals surface area contributed by atoms with E-state index in [2.05, 4.69) is 17.4 Å². The van der Waals surface area contributed by atoms with Crippen LogP contribution in [0.25, 0.3) is 17.2 Å². The normalized spacial score (nSPS) is 16.8. The van der Waals surface area contributed by atoms with Crippen molar-refractivity contribution in [2.24, 2.45) is 0 Å². The maximum atomic E-state index is 11.3.